The van der Waals surface area contributed by atoms with Gasteiger partial charge in [0.15, 0.2) is 0 Å². The molecule has 3 rings (SSSR count). The van der Waals surface area contributed by atoms with Crippen LogP contribution >= 0.6 is 0 Å². The molecule has 2 nitrogen and oxygen atoms in total. The lowest BCUT2D eigenvalue weighted by Gasteiger charge is -2.08. The van der Waals surface area contributed by atoms with E-state index in [1.165, 1.54) is 47.2 Å². The Hall–Kier alpha value is -2.61. The van der Waals surface area contributed by atoms with E-state index >= 15 is 0 Å². The molecule has 0 aliphatic heterocycles. The molecular weight excluding hydrogens is 354 g/mol. The predicted octanol–water partition coefficient (Wildman–Crippen LogP) is 7.06. The number of pyridine rings is 1. The second-order valence-corrected chi connectivity index (χ2v) is 7.68. The molecule has 3 aromatic rings. The normalized spacial score (nSPS) is 10.8. The van der Waals surface area contributed by atoms with Crippen LogP contribution in [0.2, 0.25) is 0 Å². The minimum absolute atomic E-state index is 0.768. The number of rotatable bonds is 11. The Labute approximate surface area is 176 Å². The molecule has 0 saturated carbocycles. The van der Waals surface area contributed by atoms with E-state index < -0.39 is 0 Å². The molecule has 0 radical (unpaired) electrons. The topological polar surface area (TPSA) is 22.1 Å². The molecule has 2 aromatic carbocycles. The van der Waals surface area contributed by atoms with Crippen molar-refractivity contribution in [2.75, 3.05) is 6.61 Å². The molecule has 152 valence electrons. The minimum Gasteiger partial charge on any atom is -0.494 e. The number of ether oxygens (including phenoxy) is 1. The zero-order valence-electron chi connectivity index (χ0n) is 17.9. The standard InChI is InChI=1S/C27H33NO/c1-3-5-6-7-23-11-17-26(28-21-23)16-10-22-8-12-24(13-9-22)25-14-18-27(19-15-25)29-20-4-2/h8-9,11-15,17-19,21H,3-7,10,16,20H2,1-2H3. The number of unbranched alkanes of at least 4 members (excludes halogenated alkanes) is 2. The van der Waals surface area contributed by atoms with Gasteiger partial charge >= 0.3 is 0 Å². The first kappa shape index (κ1) is 21.1. The van der Waals surface area contributed by atoms with E-state index in [0.717, 1.165) is 38.0 Å². The van der Waals surface area contributed by atoms with Crippen LogP contribution in [0, 0.1) is 0 Å². The van der Waals surface area contributed by atoms with Crippen molar-refractivity contribution in [3.8, 4) is 16.9 Å². The maximum atomic E-state index is 5.66. The highest BCUT2D eigenvalue weighted by Crippen LogP contribution is 2.23. The van der Waals surface area contributed by atoms with Crippen molar-refractivity contribution < 1.29 is 4.74 Å². The summed E-state index contributed by atoms with van der Waals surface area (Å²) in [5.41, 5.74) is 6.35. The predicted molar refractivity (Wildman–Crippen MR) is 123 cm³/mol. The van der Waals surface area contributed by atoms with Gasteiger partial charge in [-0.05, 0) is 72.6 Å². The maximum absolute atomic E-state index is 5.66. The van der Waals surface area contributed by atoms with E-state index in [1.54, 1.807) is 0 Å². The van der Waals surface area contributed by atoms with Crippen LogP contribution in [0.25, 0.3) is 11.1 Å². The minimum atomic E-state index is 0.768. The van der Waals surface area contributed by atoms with Gasteiger partial charge in [0.1, 0.15) is 5.75 Å². The first-order valence-corrected chi connectivity index (χ1v) is 11.0. The fraction of sp³-hybridized carbons (Fsp3) is 0.370. The molecule has 0 fully saturated rings. The number of aromatic nitrogens is 1. The van der Waals surface area contributed by atoms with Gasteiger partial charge in [-0.3, -0.25) is 4.98 Å². The Balaban J connectivity index is 1.51. The van der Waals surface area contributed by atoms with Gasteiger partial charge in [0.2, 0.25) is 0 Å². The lowest BCUT2D eigenvalue weighted by Crippen LogP contribution is -1.96. The summed E-state index contributed by atoms with van der Waals surface area (Å²) < 4.78 is 5.66. The first-order valence-electron chi connectivity index (χ1n) is 11.0. The average Bonchev–Trinajstić information content (AvgIpc) is 2.78. The molecule has 0 saturated heterocycles. The van der Waals surface area contributed by atoms with Crippen molar-refractivity contribution in [2.45, 2.75) is 58.8 Å². The second kappa shape index (κ2) is 11.4. The molecule has 29 heavy (non-hydrogen) atoms. The molecule has 0 aliphatic carbocycles. The lowest BCUT2D eigenvalue weighted by molar-refractivity contribution is 0.317. The average molecular weight is 388 g/mol. The van der Waals surface area contributed by atoms with E-state index in [4.69, 9.17) is 4.74 Å². The Morgan fingerprint density at radius 2 is 1.34 bits per heavy atom. The molecule has 2 heteroatoms. The number of hydrogen-bond donors (Lipinski definition) is 0. The fourth-order valence-corrected chi connectivity index (χ4v) is 3.43. The fourth-order valence-electron chi connectivity index (χ4n) is 3.43. The summed E-state index contributed by atoms with van der Waals surface area (Å²) in [7, 11) is 0. The summed E-state index contributed by atoms with van der Waals surface area (Å²) in [6, 6.07) is 21.7. The van der Waals surface area contributed by atoms with Crippen LogP contribution in [0.1, 0.15) is 56.4 Å². The summed E-state index contributed by atoms with van der Waals surface area (Å²) in [6.07, 6.45) is 10.1. The summed E-state index contributed by atoms with van der Waals surface area (Å²) in [5, 5.41) is 0. The largest absolute Gasteiger partial charge is 0.494 e. The molecular formula is C27H33NO. The summed E-state index contributed by atoms with van der Waals surface area (Å²) in [4.78, 5) is 4.66. The van der Waals surface area contributed by atoms with Crippen molar-refractivity contribution in [3.05, 3.63) is 83.7 Å². The SMILES string of the molecule is CCCCCc1ccc(CCc2ccc(-c3ccc(OCCC)cc3)cc2)nc1. The maximum Gasteiger partial charge on any atom is 0.119 e. The highest BCUT2D eigenvalue weighted by Gasteiger charge is 2.02. The summed E-state index contributed by atoms with van der Waals surface area (Å²) in [5.74, 6) is 0.941. The van der Waals surface area contributed by atoms with Gasteiger partial charge in [-0.25, -0.2) is 0 Å². The van der Waals surface area contributed by atoms with Gasteiger partial charge < -0.3 is 4.74 Å². The van der Waals surface area contributed by atoms with E-state index in [1.807, 2.05) is 0 Å². The Kier molecular flexibility index (Phi) is 8.30. The molecule has 0 atom stereocenters. The van der Waals surface area contributed by atoms with Gasteiger partial charge in [0, 0.05) is 11.9 Å². The summed E-state index contributed by atoms with van der Waals surface area (Å²) in [6.45, 7) is 5.13. The van der Waals surface area contributed by atoms with Crippen LogP contribution in [0.4, 0.5) is 0 Å². The van der Waals surface area contributed by atoms with Crippen LogP contribution in [0.15, 0.2) is 66.9 Å². The molecule has 0 bridgehead atoms. The highest BCUT2D eigenvalue weighted by atomic mass is 16.5. The number of nitrogens with zero attached hydrogens (tertiary/aromatic N) is 1. The van der Waals surface area contributed by atoms with Crippen LogP contribution in [0.5, 0.6) is 5.75 Å². The second-order valence-electron chi connectivity index (χ2n) is 7.68. The lowest BCUT2D eigenvalue weighted by atomic mass is 10.0. The van der Waals surface area contributed by atoms with Gasteiger partial charge in [-0.1, -0.05) is 69.2 Å². The third kappa shape index (κ3) is 6.74. The monoisotopic (exact) mass is 387 g/mol. The third-order valence-corrected chi connectivity index (χ3v) is 5.24. The molecule has 0 amide bonds. The highest BCUT2D eigenvalue weighted by molar-refractivity contribution is 5.64. The first-order chi connectivity index (χ1) is 14.3. The van der Waals surface area contributed by atoms with Crippen molar-refractivity contribution in [1.82, 2.24) is 4.98 Å². The Morgan fingerprint density at radius 1 is 0.655 bits per heavy atom. The third-order valence-electron chi connectivity index (χ3n) is 5.24. The van der Waals surface area contributed by atoms with E-state index in [-0.39, 0.29) is 0 Å². The van der Waals surface area contributed by atoms with Crippen LogP contribution < -0.4 is 4.74 Å². The number of benzene rings is 2. The Morgan fingerprint density at radius 3 is 1.97 bits per heavy atom. The number of aryl methyl sites for hydroxylation is 3. The van der Waals surface area contributed by atoms with E-state index in [0.29, 0.717) is 0 Å². The quantitative estimate of drug-likeness (QED) is 0.329. The van der Waals surface area contributed by atoms with E-state index in [2.05, 4.69) is 85.7 Å². The van der Waals surface area contributed by atoms with Crippen molar-refractivity contribution in [1.29, 1.82) is 0 Å². The molecule has 0 spiro atoms. The molecule has 0 unspecified atom stereocenters. The van der Waals surface area contributed by atoms with Crippen molar-refractivity contribution in [2.24, 2.45) is 0 Å². The van der Waals surface area contributed by atoms with E-state index in [9.17, 15) is 0 Å². The molecule has 0 N–H and O–H groups in total. The van der Waals surface area contributed by atoms with Crippen molar-refractivity contribution >= 4 is 0 Å². The van der Waals surface area contributed by atoms with Crippen LogP contribution in [0.3, 0.4) is 0 Å². The van der Waals surface area contributed by atoms with Crippen LogP contribution in [-0.2, 0) is 19.3 Å². The van der Waals surface area contributed by atoms with Gasteiger partial charge in [0.25, 0.3) is 0 Å². The van der Waals surface area contributed by atoms with Crippen LogP contribution in [-0.4, -0.2) is 11.6 Å². The summed E-state index contributed by atoms with van der Waals surface area (Å²) >= 11 is 0. The number of hydrogen-bond acceptors (Lipinski definition) is 2. The van der Waals surface area contributed by atoms with Crippen molar-refractivity contribution in [3.63, 3.8) is 0 Å². The smallest absolute Gasteiger partial charge is 0.119 e. The van der Waals surface area contributed by atoms with Gasteiger partial charge in [0.05, 0.1) is 6.61 Å². The molecule has 1 aromatic heterocycles. The zero-order chi connectivity index (χ0) is 20.3. The molecule has 0 aliphatic rings. The van der Waals surface area contributed by atoms with Gasteiger partial charge in [-0.15, -0.1) is 0 Å². The van der Waals surface area contributed by atoms with Gasteiger partial charge in [-0.2, -0.15) is 0 Å². The Bertz CT molecular complexity index is 835. The zero-order valence-corrected chi connectivity index (χ0v) is 17.9. The molecule has 1 heterocycles.